The van der Waals surface area contributed by atoms with Gasteiger partial charge in [-0.2, -0.15) is 0 Å². The third kappa shape index (κ3) is 3.44. The van der Waals surface area contributed by atoms with Crippen LogP contribution < -0.4 is 5.32 Å². The molecule has 0 spiro atoms. The van der Waals surface area contributed by atoms with E-state index >= 15 is 0 Å². The van der Waals surface area contributed by atoms with Crippen molar-refractivity contribution in [2.45, 2.75) is 19.3 Å². The summed E-state index contributed by atoms with van der Waals surface area (Å²) < 4.78 is 5.46. The second kappa shape index (κ2) is 7.49. The van der Waals surface area contributed by atoms with Gasteiger partial charge in [0.05, 0.1) is 0 Å². The van der Waals surface area contributed by atoms with Crippen LogP contribution in [0.25, 0.3) is 11.1 Å². The van der Waals surface area contributed by atoms with Crippen molar-refractivity contribution >= 4 is 6.09 Å². The Labute approximate surface area is 142 Å². The monoisotopic (exact) mass is 325 g/mol. The molecule has 3 rings (SSSR count). The first kappa shape index (κ1) is 16.5. The molecular formula is C20H23NO3. The molecule has 126 valence electrons. The number of fused-ring (bicyclic) bond motifs is 3. The van der Waals surface area contributed by atoms with Crippen LogP contribution in [0.4, 0.5) is 4.79 Å². The van der Waals surface area contributed by atoms with Crippen LogP contribution in [0.2, 0.25) is 0 Å². The molecular weight excluding hydrogens is 302 g/mol. The Balaban J connectivity index is 1.64. The van der Waals surface area contributed by atoms with Crippen LogP contribution in [0.5, 0.6) is 0 Å². The summed E-state index contributed by atoms with van der Waals surface area (Å²) >= 11 is 0. The minimum Gasteiger partial charge on any atom is -0.449 e. The molecule has 2 N–H and O–H groups in total. The Kier molecular flexibility index (Phi) is 5.16. The van der Waals surface area contributed by atoms with Gasteiger partial charge >= 0.3 is 6.09 Å². The van der Waals surface area contributed by atoms with Crippen LogP contribution in [-0.4, -0.2) is 31.0 Å². The van der Waals surface area contributed by atoms with E-state index in [2.05, 4.69) is 29.6 Å². The van der Waals surface area contributed by atoms with Crippen LogP contribution >= 0.6 is 0 Å². The number of nitrogens with one attached hydrogen (secondary N) is 1. The molecule has 2 aromatic rings. The first-order valence-electron chi connectivity index (χ1n) is 8.40. The van der Waals surface area contributed by atoms with Gasteiger partial charge in [-0.1, -0.05) is 55.5 Å². The summed E-state index contributed by atoms with van der Waals surface area (Å²) in [5.41, 5.74) is 4.86. The van der Waals surface area contributed by atoms with Gasteiger partial charge in [0.25, 0.3) is 0 Å². The first-order valence-corrected chi connectivity index (χ1v) is 8.40. The van der Waals surface area contributed by atoms with Gasteiger partial charge in [0.2, 0.25) is 0 Å². The van der Waals surface area contributed by atoms with Crippen molar-refractivity contribution in [3.63, 3.8) is 0 Å². The van der Waals surface area contributed by atoms with Crippen LogP contribution in [0.15, 0.2) is 48.5 Å². The highest BCUT2D eigenvalue weighted by atomic mass is 16.5. The zero-order chi connectivity index (χ0) is 16.9. The lowest BCUT2D eigenvalue weighted by atomic mass is 9.98. The number of ether oxygens (including phenoxy) is 1. The molecule has 0 heterocycles. The number of aliphatic hydroxyl groups is 1. The fraction of sp³-hybridized carbons (Fsp3) is 0.350. The molecule has 0 saturated heterocycles. The first-order chi connectivity index (χ1) is 11.7. The lowest BCUT2D eigenvalue weighted by Crippen LogP contribution is -2.30. The average molecular weight is 325 g/mol. The maximum absolute atomic E-state index is 11.9. The minimum atomic E-state index is -0.401. The van der Waals surface area contributed by atoms with Crippen LogP contribution in [0, 0.1) is 5.92 Å². The number of carbonyl (C=O) groups is 1. The highest BCUT2D eigenvalue weighted by molar-refractivity contribution is 5.79. The highest BCUT2D eigenvalue weighted by Gasteiger charge is 2.28. The van der Waals surface area contributed by atoms with E-state index in [1.807, 2.05) is 31.2 Å². The van der Waals surface area contributed by atoms with Crippen molar-refractivity contribution in [1.29, 1.82) is 0 Å². The molecule has 24 heavy (non-hydrogen) atoms. The molecule has 4 heteroatoms. The number of benzene rings is 2. The second-order valence-corrected chi connectivity index (χ2v) is 6.32. The number of alkyl carbamates (subject to hydrolysis) is 1. The lowest BCUT2D eigenvalue weighted by Gasteiger charge is -2.15. The summed E-state index contributed by atoms with van der Waals surface area (Å²) in [4.78, 5) is 11.9. The Hall–Kier alpha value is -2.33. The third-order valence-electron chi connectivity index (χ3n) is 4.56. The Bertz CT molecular complexity index is 668. The Morgan fingerprint density at radius 1 is 1.12 bits per heavy atom. The van der Waals surface area contributed by atoms with Gasteiger partial charge in [-0.25, -0.2) is 4.79 Å². The maximum atomic E-state index is 11.9. The van der Waals surface area contributed by atoms with Crippen molar-refractivity contribution in [3.05, 3.63) is 59.7 Å². The normalized spacial score (nSPS) is 13.9. The highest BCUT2D eigenvalue weighted by Crippen LogP contribution is 2.44. The van der Waals surface area contributed by atoms with E-state index < -0.39 is 6.09 Å². The molecule has 2 aromatic carbocycles. The van der Waals surface area contributed by atoms with Gasteiger partial charge in [-0.05, 0) is 34.6 Å². The summed E-state index contributed by atoms with van der Waals surface area (Å²) in [6.45, 7) is 2.96. The Morgan fingerprint density at radius 2 is 1.71 bits per heavy atom. The summed E-state index contributed by atoms with van der Waals surface area (Å²) in [6.07, 6.45) is 0.269. The van der Waals surface area contributed by atoms with Crippen molar-refractivity contribution < 1.29 is 14.6 Å². The zero-order valence-electron chi connectivity index (χ0n) is 13.9. The summed E-state index contributed by atoms with van der Waals surface area (Å²) in [6, 6.07) is 16.6. The third-order valence-corrected chi connectivity index (χ3v) is 4.56. The van der Waals surface area contributed by atoms with Crippen LogP contribution in [0.1, 0.15) is 30.4 Å². The smallest absolute Gasteiger partial charge is 0.407 e. The molecule has 0 aromatic heterocycles. The zero-order valence-corrected chi connectivity index (χ0v) is 13.9. The molecule has 0 aliphatic heterocycles. The summed E-state index contributed by atoms with van der Waals surface area (Å²) in [5, 5.41) is 11.7. The molecule has 1 amide bonds. The quantitative estimate of drug-likeness (QED) is 0.854. The molecule has 1 aliphatic carbocycles. The second-order valence-electron chi connectivity index (χ2n) is 6.32. The number of amides is 1. The van der Waals surface area contributed by atoms with Crippen LogP contribution in [-0.2, 0) is 4.74 Å². The van der Waals surface area contributed by atoms with E-state index in [1.54, 1.807) is 0 Å². The molecule has 0 saturated carbocycles. The molecule has 0 fully saturated rings. The predicted octanol–water partition coefficient (Wildman–Crippen LogP) is 3.54. The van der Waals surface area contributed by atoms with E-state index in [1.165, 1.54) is 22.3 Å². The number of aliphatic hydroxyl groups excluding tert-OH is 1. The van der Waals surface area contributed by atoms with Crippen molar-refractivity contribution in [2.75, 3.05) is 19.8 Å². The number of carbonyl (C=O) groups excluding carboxylic acids is 1. The van der Waals surface area contributed by atoms with Gasteiger partial charge in [0, 0.05) is 19.1 Å². The molecule has 0 radical (unpaired) electrons. The summed E-state index contributed by atoms with van der Waals surface area (Å²) in [5.74, 6) is 0.313. The fourth-order valence-electron chi connectivity index (χ4n) is 3.23. The van der Waals surface area contributed by atoms with E-state index in [0.717, 1.165) is 0 Å². The SMILES string of the molecule is CC(CCO)CNC(=O)OCC1c2ccccc2-c2ccccc21. The van der Waals surface area contributed by atoms with Crippen molar-refractivity contribution in [3.8, 4) is 11.1 Å². The van der Waals surface area contributed by atoms with E-state index in [9.17, 15) is 4.79 Å². The molecule has 1 aliphatic rings. The topological polar surface area (TPSA) is 58.6 Å². The molecule has 1 atom stereocenters. The van der Waals surface area contributed by atoms with Crippen LogP contribution in [0.3, 0.4) is 0 Å². The molecule has 4 nitrogen and oxygen atoms in total. The Morgan fingerprint density at radius 3 is 2.29 bits per heavy atom. The largest absolute Gasteiger partial charge is 0.449 e. The van der Waals surface area contributed by atoms with Crippen molar-refractivity contribution in [2.24, 2.45) is 5.92 Å². The number of rotatable bonds is 6. The lowest BCUT2D eigenvalue weighted by molar-refractivity contribution is 0.140. The predicted molar refractivity (Wildman–Crippen MR) is 93.9 cm³/mol. The standard InChI is InChI=1S/C20H23NO3/c1-14(10-11-22)12-21-20(23)24-13-19-17-8-4-2-6-15(17)16-7-3-5-9-18(16)19/h2-9,14,19,22H,10-13H2,1H3,(H,21,23). The fourth-order valence-corrected chi connectivity index (χ4v) is 3.23. The van der Waals surface area contributed by atoms with E-state index in [4.69, 9.17) is 9.84 Å². The van der Waals surface area contributed by atoms with Gasteiger partial charge in [0.1, 0.15) is 6.61 Å². The summed E-state index contributed by atoms with van der Waals surface area (Å²) in [7, 11) is 0. The minimum absolute atomic E-state index is 0.0815. The number of hydrogen-bond acceptors (Lipinski definition) is 3. The van der Waals surface area contributed by atoms with Gasteiger partial charge in [-0.3, -0.25) is 0 Å². The maximum Gasteiger partial charge on any atom is 0.407 e. The number of hydrogen-bond donors (Lipinski definition) is 2. The molecule has 0 bridgehead atoms. The van der Waals surface area contributed by atoms with E-state index in [-0.39, 0.29) is 18.4 Å². The van der Waals surface area contributed by atoms with E-state index in [0.29, 0.717) is 19.6 Å². The average Bonchev–Trinajstić information content (AvgIpc) is 2.92. The van der Waals surface area contributed by atoms with Gasteiger partial charge in [0.15, 0.2) is 0 Å². The van der Waals surface area contributed by atoms with Crippen molar-refractivity contribution in [1.82, 2.24) is 5.32 Å². The van der Waals surface area contributed by atoms with Gasteiger partial charge in [-0.15, -0.1) is 0 Å². The van der Waals surface area contributed by atoms with Gasteiger partial charge < -0.3 is 15.2 Å². The molecule has 1 unspecified atom stereocenters.